The Labute approximate surface area is 101 Å². The zero-order valence-corrected chi connectivity index (χ0v) is 11.0. The third-order valence-electron chi connectivity index (χ3n) is 3.19. The van der Waals surface area contributed by atoms with Gasteiger partial charge in [0.25, 0.3) is 0 Å². The van der Waals surface area contributed by atoms with Gasteiger partial charge in [0, 0.05) is 13.2 Å². The van der Waals surface area contributed by atoms with E-state index in [0.717, 1.165) is 19.1 Å². The molecule has 2 nitrogen and oxygen atoms in total. The van der Waals surface area contributed by atoms with E-state index in [1.54, 1.807) is 0 Å². The van der Waals surface area contributed by atoms with E-state index in [0.29, 0.717) is 0 Å². The van der Waals surface area contributed by atoms with Gasteiger partial charge in [0.2, 0.25) is 0 Å². The van der Waals surface area contributed by atoms with E-state index in [1.807, 2.05) is 0 Å². The molecule has 96 valence electrons. The first-order valence-corrected chi connectivity index (χ1v) is 7.22. The molecule has 0 aromatic heterocycles. The smallest absolute Gasteiger partial charge is 0.0468 e. The highest BCUT2D eigenvalue weighted by Gasteiger charge is 2.20. The number of nitrogens with one attached hydrogen (secondary N) is 1. The first-order valence-electron chi connectivity index (χ1n) is 7.22. The van der Waals surface area contributed by atoms with Crippen molar-refractivity contribution in [2.24, 2.45) is 5.92 Å². The van der Waals surface area contributed by atoms with Crippen LogP contribution in [0.25, 0.3) is 0 Å². The molecule has 1 rings (SSSR count). The van der Waals surface area contributed by atoms with Crippen molar-refractivity contribution in [3.05, 3.63) is 0 Å². The van der Waals surface area contributed by atoms with E-state index in [2.05, 4.69) is 12.2 Å². The van der Waals surface area contributed by atoms with Crippen LogP contribution in [0.3, 0.4) is 0 Å². The Balaban J connectivity index is 1.61. The zero-order valence-electron chi connectivity index (χ0n) is 11.0. The molecule has 0 aromatic rings. The zero-order chi connectivity index (χ0) is 11.5. The highest BCUT2D eigenvalue weighted by molar-refractivity contribution is 4.72. The monoisotopic (exact) mass is 227 g/mol. The lowest BCUT2D eigenvalue weighted by molar-refractivity contribution is 0.124. The van der Waals surface area contributed by atoms with Gasteiger partial charge in [-0.25, -0.2) is 0 Å². The Morgan fingerprint density at radius 3 is 2.56 bits per heavy atom. The van der Waals surface area contributed by atoms with Crippen LogP contribution in [0.1, 0.15) is 58.3 Å². The lowest BCUT2D eigenvalue weighted by Gasteiger charge is -2.04. The van der Waals surface area contributed by atoms with Crippen molar-refractivity contribution in [1.82, 2.24) is 5.32 Å². The summed E-state index contributed by atoms with van der Waals surface area (Å²) in [5.41, 5.74) is 0. The molecule has 0 aliphatic heterocycles. The molecule has 0 aromatic carbocycles. The van der Waals surface area contributed by atoms with Crippen LogP contribution < -0.4 is 5.32 Å². The Morgan fingerprint density at radius 1 is 1.00 bits per heavy atom. The lowest BCUT2D eigenvalue weighted by Crippen LogP contribution is -2.15. The van der Waals surface area contributed by atoms with Crippen molar-refractivity contribution in [1.29, 1.82) is 0 Å². The molecule has 0 atom stereocenters. The molecule has 0 bridgehead atoms. The maximum Gasteiger partial charge on any atom is 0.0468 e. The summed E-state index contributed by atoms with van der Waals surface area (Å²) in [6.45, 7) is 6.56. The Hall–Kier alpha value is -0.0800. The molecule has 1 saturated carbocycles. The quantitative estimate of drug-likeness (QED) is 0.516. The summed E-state index contributed by atoms with van der Waals surface area (Å²) in [5.74, 6) is 1.02. The summed E-state index contributed by atoms with van der Waals surface area (Å²) in [5, 5.41) is 3.43. The van der Waals surface area contributed by atoms with Crippen LogP contribution in [0.2, 0.25) is 0 Å². The molecule has 0 amide bonds. The molecule has 0 unspecified atom stereocenters. The third-order valence-corrected chi connectivity index (χ3v) is 3.19. The number of rotatable bonds is 12. The van der Waals surface area contributed by atoms with Gasteiger partial charge in [0.15, 0.2) is 0 Å². The second kappa shape index (κ2) is 10.1. The van der Waals surface area contributed by atoms with Gasteiger partial charge in [-0.1, -0.05) is 32.6 Å². The Morgan fingerprint density at radius 2 is 1.81 bits per heavy atom. The van der Waals surface area contributed by atoms with E-state index in [4.69, 9.17) is 4.74 Å². The Bertz CT molecular complexity index is 146. The largest absolute Gasteiger partial charge is 0.381 e. The summed E-state index contributed by atoms with van der Waals surface area (Å²) in [6.07, 6.45) is 10.7. The fraction of sp³-hybridized carbons (Fsp3) is 1.00. The van der Waals surface area contributed by atoms with Gasteiger partial charge in [0.1, 0.15) is 0 Å². The minimum Gasteiger partial charge on any atom is -0.381 e. The van der Waals surface area contributed by atoms with Crippen molar-refractivity contribution >= 4 is 0 Å². The summed E-state index contributed by atoms with van der Waals surface area (Å²) < 4.78 is 5.61. The van der Waals surface area contributed by atoms with Gasteiger partial charge in [-0.2, -0.15) is 0 Å². The summed E-state index contributed by atoms with van der Waals surface area (Å²) in [6, 6.07) is 0. The molecule has 0 radical (unpaired) electrons. The van der Waals surface area contributed by atoms with E-state index < -0.39 is 0 Å². The Kier molecular flexibility index (Phi) is 8.83. The van der Waals surface area contributed by atoms with Crippen LogP contribution >= 0.6 is 0 Å². The first kappa shape index (κ1) is 14.0. The summed E-state index contributed by atoms with van der Waals surface area (Å²) in [4.78, 5) is 0. The van der Waals surface area contributed by atoms with Crippen molar-refractivity contribution in [2.45, 2.75) is 58.3 Å². The molecule has 1 aliphatic rings. The van der Waals surface area contributed by atoms with Gasteiger partial charge in [-0.05, 0) is 44.7 Å². The van der Waals surface area contributed by atoms with Gasteiger partial charge in [-0.3, -0.25) is 0 Å². The molecule has 0 heterocycles. The standard InChI is InChI=1S/C14H29NO/c1-2-10-15-11-5-3-4-6-12-16-13-9-14-7-8-14/h14-15H,2-13H2,1H3. The molecule has 1 aliphatic carbocycles. The molecule has 16 heavy (non-hydrogen) atoms. The van der Waals surface area contributed by atoms with Crippen LogP contribution in [-0.4, -0.2) is 26.3 Å². The molecule has 2 heteroatoms. The van der Waals surface area contributed by atoms with Crippen LogP contribution in [-0.2, 0) is 4.74 Å². The SMILES string of the molecule is CCCNCCCCCCOCCC1CC1. The fourth-order valence-corrected chi connectivity index (χ4v) is 1.87. The van der Waals surface area contributed by atoms with Crippen molar-refractivity contribution < 1.29 is 4.74 Å². The van der Waals surface area contributed by atoms with Crippen LogP contribution in [0, 0.1) is 5.92 Å². The molecular formula is C14H29NO. The maximum atomic E-state index is 5.61. The van der Waals surface area contributed by atoms with E-state index in [1.165, 1.54) is 64.5 Å². The fourth-order valence-electron chi connectivity index (χ4n) is 1.87. The van der Waals surface area contributed by atoms with Crippen molar-refractivity contribution in [3.8, 4) is 0 Å². The second-order valence-corrected chi connectivity index (χ2v) is 5.01. The normalized spacial score (nSPS) is 15.6. The molecule has 1 N–H and O–H groups in total. The maximum absolute atomic E-state index is 5.61. The van der Waals surface area contributed by atoms with E-state index >= 15 is 0 Å². The minimum absolute atomic E-state index is 0.981. The summed E-state index contributed by atoms with van der Waals surface area (Å²) >= 11 is 0. The number of hydrogen-bond acceptors (Lipinski definition) is 2. The summed E-state index contributed by atoms with van der Waals surface area (Å²) in [7, 11) is 0. The predicted molar refractivity (Wildman–Crippen MR) is 69.8 cm³/mol. The number of hydrogen-bond donors (Lipinski definition) is 1. The van der Waals surface area contributed by atoms with Crippen LogP contribution in [0.4, 0.5) is 0 Å². The highest BCUT2D eigenvalue weighted by Crippen LogP contribution is 2.32. The van der Waals surface area contributed by atoms with Gasteiger partial charge < -0.3 is 10.1 Å². The van der Waals surface area contributed by atoms with Gasteiger partial charge in [0.05, 0.1) is 0 Å². The van der Waals surface area contributed by atoms with E-state index in [-0.39, 0.29) is 0 Å². The van der Waals surface area contributed by atoms with Crippen molar-refractivity contribution in [2.75, 3.05) is 26.3 Å². The predicted octanol–water partition coefficient (Wildman–Crippen LogP) is 3.36. The van der Waals surface area contributed by atoms with Gasteiger partial charge in [-0.15, -0.1) is 0 Å². The average Bonchev–Trinajstić information content (AvgIpc) is 3.10. The third kappa shape index (κ3) is 9.17. The van der Waals surface area contributed by atoms with Crippen LogP contribution in [0.5, 0.6) is 0 Å². The molecule has 0 saturated heterocycles. The van der Waals surface area contributed by atoms with Crippen LogP contribution in [0.15, 0.2) is 0 Å². The first-order chi connectivity index (χ1) is 7.93. The second-order valence-electron chi connectivity index (χ2n) is 5.01. The van der Waals surface area contributed by atoms with E-state index in [9.17, 15) is 0 Å². The topological polar surface area (TPSA) is 21.3 Å². The highest BCUT2D eigenvalue weighted by atomic mass is 16.5. The molecular weight excluding hydrogens is 198 g/mol. The van der Waals surface area contributed by atoms with Crippen molar-refractivity contribution in [3.63, 3.8) is 0 Å². The number of unbranched alkanes of at least 4 members (excludes halogenated alkanes) is 3. The molecule has 1 fully saturated rings. The number of ether oxygens (including phenoxy) is 1. The average molecular weight is 227 g/mol. The molecule has 0 spiro atoms. The lowest BCUT2D eigenvalue weighted by atomic mass is 10.2. The van der Waals surface area contributed by atoms with Gasteiger partial charge >= 0.3 is 0 Å². The minimum atomic E-state index is 0.981.